The number of benzene rings is 2. The van der Waals surface area contributed by atoms with E-state index in [1.807, 2.05) is 6.92 Å². The Bertz CT molecular complexity index is 1030. The van der Waals surface area contributed by atoms with Gasteiger partial charge in [-0.3, -0.25) is 4.79 Å². The van der Waals surface area contributed by atoms with Crippen molar-refractivity contribution in [3.05, 3.63) is 60.5 Å². The van der Waals surface area contributed by atoms with Gasteiger partial charge in [-0.05, 0) is 36.8 Å². The second kappa shape index (κ2) is 7.68. The van der Waals surface area contributed by atoms with E-state index < -0.39 is 15.9 Å². The van der Waals surface area contributed by atoms with Crippen molar-refractivity contribution < 1.29 is 17.6 Å². The SMILES string of the molecule is Cc1ccc(-c2nnco2)cc1NC(=O)CN(C)S(=O)(=O)c1ccccc1. The van der Waals surface area contributed by atoms with Crippen LogP contribution < -0.4 is 5.32 Å². The minimum Gasteiger partial charge on any atom is -0.423 e. The molecule has 1 N–H and O–H groups in total. The lowest BCUT2D eigenvalue weighted by Crippen LogP contribution is -2.35. The van der Waals surface area contributed by atoms with Gasteiger partial charge in [0.2, 0.25) is 28.2 Å². The maximum atomic E-state index is 12.5. The van der Waals surface area contributed by atoms with Crippen LogP contribution in [0, 0.1) is 6.92 Å². The average Bonchev–Trinajstić information content (AvgIpc) is 3.19. The zero-order valence-electron chi connectivity index (χ0n) is 14.8. The summed E-state index contributed by atoms with van der Waals surface area (Å²) in [6.45, 7) is 1.51. The van der Waals surface area contributed by atoms with E-state index in [9.17, 15) is 13.2 Å². The highest BCUT2D eigenvalue weighted by Gasteiger charge is 2.23. The van der Waals surface area contributed by atoms with Gasteiger partial charge in [-0.15, -0.1) is 10.2 Å². The Balaban J connectivity index is 1.73. The van der Waals surface area contributed by atoms with Crippen LogP contribution >= 0.6 is 0 Å². The van der Waals surface area contributed by atoms with E-state index in [1.165, 1.54) is 25.6 Å². The molecule has 1 amide bonds. The summed E-state index contributed by atoms with van der Waals surface area (Å²) < 4.78 is 31.2. The van der Waals surface area contributed by atoms with Gasteiger partial charge in [-0.1, -0.05) is 24.3 Å². The van der Waals surface area contributed by atoms with E-state index in [-0.39, 0.29) is 11.4 Å². The number of nitrogens with zero attached hydrogens (tertiary/aromatic N) is 3. The molecule has 0 aliphatic rings. The van der Waals surface area contributed by atoms with E-state index in [1.54, 1.807) is 36.4 Å². The highest BCUT2D eigenvalue weighted by atomic mass is 32.2. The van der Waals surface area contributed by atoms with Crippen molar-refractivity contribution in [1.29, 1.82) is 0 Å². The zero-order chi connectivity index (χ0) is 19.4. The smallest absolute Gasteiger partial charge is 0.247 e. The normalized spacial score (nSPS) is 11.5. The predicted octanol–water partition coefficient (Wildman–Crippen LogP) is 2.30. The van der Waals surface area contributed by atoms with Gasteiger partial charge in [0.05, 0.1) is 11.4 Å². The minimum atomic E-state index is -3.74. The van der Waals surface area contributed by atoms with Crippen LogP contribution in [0.15, 0.2) is 64.2 Å². The maximum Gasteiger partial charge on any atom is 0.247 e. The first-order valence-electron chi connectivity index (χ1n) is 8.06. The minimum absolute atomic E-state index is 0.134. The predicted molar refractivity (Wildman–Crippen MR) is 99.4 cm³/mol. The zero-order valence-corrected chi connectivity index (χ0v) is 15.6. The van der Waals surface area contributed by atoms with Gasteiger partial charge in [0.15, 0.2) is 0 Å². The molecular formula is C18H18N4O4S. The first-order chi connectivity index (χ1) is 12.9. The molecule has 0 saturated heterocycles. The number of anilines is 1. The summed E-state index contributed by atoms with van der Waals surface area (Å²) in [6.07, 6.45) is 1.22. The quantitative estimate of drug-likeness (QED) is 0.697. The molecule has 0 spiro atoms. The lowest BCUT2D eigenvalue weighted by molar-refractivity contribution is -0.116. The molecule has 0 aliphatic carbocycles. The van der Waals surface area contributed by atoms with Crippen molar-refractivity contribution in [3.8, 4) is 11.5 Å². The van der Waals surface area contributed by atoms with Gasteiger partial charge >= 0.3 is 0 Å². The summed E-state index contributed by atoms with van der Waals surface area (Å²) in [7, 11) is -2.38. The monoisotopic (exact) mass is 386 g/mol. The molecule has 1 aromatic heterocycles. The molecule has 0 radical (unpaired) electrons. The van der Waals surface area contributed by atoms with Crippen molar-refractivity contribution in [2.24, 2.45) is 0 Å². The molecule has 3 aromatic rings. The molecule has 0 atom stereocenters. The first kappa shape index (κ1) is 18.7. The molecule has 9 heteroatoms. The summed E-state index contributed by atoms with van der Waals surface area (Å²) in [5.74, 6) is -0.128. The summed E-state index contributed by atoms with van der Waals surface area (Å²) in [5, 5.41) is 10.2. The Kier molecular flexibility index (Phi) is 5.33. The lowest BCUT2D eigenvalue weighted by atomic mass is 10.1. The Morgan fingerprint density at radius 1 is 1.19 bits per heavy atom. The van der Waals surface area contributed by atoms with E-state index in [0.29, 0.717) is 17.1 Å². The maximum absolute atomic E-state index is 12.5. The highest BCUT2D eigenvalue weighted by Crippen LogP contribution is 2.24. The number of nitrogens with one attached hydrogen (secondary N) is 1. The first-order valence-corrected chi connectivity index (χ1v) is 9.50. The van der Waals surface area contributed by atoms with Gasteiger partial charge in [0.1, 0.15) is 0 Å². The fourth-order valence-corrected chi connectivity index (χ4v) is 3.59. The van der Waals surface area contributed by atoms with Crippen LogP contribution in [-0.4, -0.2) is 42.4 Å². The standard InChI is InChI=1S/C18H18N4O4S/c1-13-8-9-14(18-21-19-12-26-18)10-16(13)20-17(23)11-22(2)27(24,25)15-6-4-3-5-7-15/h3-10,12H,11H2,1-2H3,(H,20,23). The molecule has 1 heterocycles. The number of sulfonamides is 1. The number of hydrogen-bond acceptors (Lipinski definition) is 6. The van der Waals surface area contributed by atoms with Crippen LogP contribution in [0.3, 0.4) is 0 Å². The highest BCUT2D eigenvalue weighted by molar-refractivity contribution is 7.89. The van der Waals surface area contributed by atoms with Gasteiger partial charge in [0, 0.05) is 18.3 Å². The number of amides is 1. The summed E-state index contributed by atoms with van der Waals surface area (Å²) >= 11 is 0. The van der Waals surface area contributed by atoms with Crippen LogP contribution in [0.25, 0.3) is 11.5 Å². The molecule has 8 nitrogen and oxygen atoms in total. The number of likely N-dealkylation sites (N-methyl/N-ethyl adjacent to an activating group) is 1. The lowest BCUT2D eigenvalue weighted by Gasteiger charge is -2.17. The van der Waals surface area contributed by atoms with Crippen molar-refractivity contribution >= 4 is 21.6 Å². The number of carbonyl (C=O) groups excluding carboxylic acids is 1. The Morgan fingerprint density at radius 3 is 2.59 bits per heavy atom. The molecule has 0 bridgehead atoms. The molecule has 0 aliphatic heterocycles. The topological polar surface area (TPSA) is 105 Å². The van der Waals surface area contributed by atoms with Crippen LogP contribution in [0.5, 0.6) is 0 Å². The van der Waals surface area contributed by atoms with Gasteiger partial charge in [-0.2, -0.15) is 4.31 Å². The number of carbonyl (C=O) groups is 1. The third-order valence-corrected chi connectivity index (χ3v) is 5.75. The Hall–Kier alpha value is -3.04. The van der Waals surface area contributed by atoms with Crippen molar-refractivity contribution in [2.45, 2.75) is 11.8 Å². The largest absolute Gasteiger partial charge is 0.423 e. The third kappa shape index (κ3) is 4.21. The Morgan fingerprint density at radius 2 is 1.93 bits per heavy atom. The molecule has 27 heavy (non-hydrogen) atoms. The fraction of sp³-hybridized carbons (Fsp3) is 0.167. The summed E-state index contributed by atoms with van der Waals surface area (Å²) in [5.41, 5.74) is 2.01. The van der Waals surface area contributed by atoms with Crippen LogP contribution in [0.1, 0.15) is 5.56 Å². The fourth-order valence-electron chi connectivity index (χ4n) is 2.44. The molecule has 140 valence electrons. The van der Waals surface area contributed by atoms with Gasteiger partial charge < -0.3 is 9.73 Å². The average molecular weight is 386 g/mol. The number of aromatic nitrogens is 2. The van der Waals surface area contributed by atoms with Crippen LogP contribution in [-0.2, 0) is 14.8 Å². The van der Waals surface area contributed by atoms with E-state index in [2.05, 4.69) is 15.5 Å². The Labute approximate surface area is 156 Å². The number of hydrogen-bond donors (Lipinski definition) is 1. The van der Waals surface area contributed by atoms with Crippen molar-refractivity contribution in [2.75, 3.05) is 18.9 Å². The van der Waals surface area contributed by atoms with Gasteiger partial charge in [-0.25, -0.2) is 8.42 Å². The van der Waals surface area contributed by atoms with Crippen LogP contribution in [0.2, 0.25) is 0 Å². The molecule has 2 aromatic carbocycles. The van der Waals surface area contributed by atoms with Crippen molar-refractivity contribution in [1.82, 2.24) is 14.5 Å². The van der Waals surface area contributed by atoms with Crippen LogP contribution in [0.4, 0.5) is 5.69 Å². The summed E-state index contributed by atoms with van der Waals surface area (Å²) in [4.78, 5) is 12.5. The molecule has 0 fully saturated rings. The molecular weight excluding hydrogens is 368 g/mol. The molecule has 0 unspecified atom stereocenters. The molecule has 0 saturated carbocycles. The van der Waals surface area contributed by atoms with E-state index in [4.69, 9.17) is 4.42 Å². The van der Waals surface area contributed by atoms with Crippen molar-refractivity contribution in [3.63, 3.8) is 0 Å². The van der Waals surface area contributed by atoms with E-state index in [0.717, 1.165) is 9.87 Å². The third-order valence-electron chi connectivity index (χ3n) is 3.94. The number of rotatable bonds is 6. The number of aryl methyl sites for hydroxylation is 1. The molecule has 3 rings (SSSR count). The summed E-state index contributed by atoms with van der Waals surface area (Å²) in [6, 6.07) is 13.3. The van der Waals surface area contributed by atoms with Gasteiger partial charge in [0.25, 0.3) is 0 Å². The van der Waals surface area contributed by atoms with E-state index >= 15 is 0 Å². The second-order valence-corrected chi connectivity index (χ2v) is 7.94. The second-order valence-electron chi connectivity index (χ2n) is 5.90.